The molecule has 0 bridgehead atoms. The first-order chi connectivity index (χ1) is 8.00. The van der Waals surface area contributed by atoms with Crippen LogP contribution in [0, 0.1) is 16.0 Å². The van der Waals surface area contributed by atoms with Gasteiger partial charge < -0.3 is 4.90 Å². The number of nitro benzene ring substituents is 1. The Bertz CT molecular complexity index is 483. The standard InChI is InChI=1S/C12H14N2O3/c1-8(2)12(15)13-6-5-9-3-4-10(14(16)17)7-11(9)13/h3-4,7-8H,5-6H2,1-2H3. The number of nitro groups is 1. The van der Waals surface area contributed by atoms with Crippen molar-refractivity contribution in [2.45, 2.75) is 20.3 Å². The quantitative estimate of drug-likeness (QED) is 0.581. The Morgan fingerprint density at radius 2 is 2.18 bits per heavy atom. The highest BCUT2D eigenvalue weighted by Crippen LogP contribution is 2.32. The first kappa shape index (κ1) is 11.6. The molecule has 5 heteroatoms. The van der Waals surface area contributed by atoms with E-state index >= 15 is 0 Å². The number of hydrogen-bond acceptors (Lipinski definition) is 3. The molecule has 0 atom stereocenters. The summed E-state index contributed by atoms with van der Waals surface area (Å²) >= 11 is 0. The van der Waals surface area contributed by atoms with E-state index in [4.69, 9.17) is 0 Å². The Morgan fingerprint density at radius 3 is 2.76 bits per heavy atom. The van der Waals surface area contributed by atoms with Crippen LogP contribution in [0.4, 0.5) is 11.4 Å². The summed E-state index contributed by atoms with van der Waals surface area (Å²) in [6.45, 7) is 4.28. The molecule has 0 aromatic heterocycles. The van der Waals surface area contributed by atoms with Crippen LogP contribution in [-0.2, 0) is 11.2 Å². The lowest BCUT2D eigenvalue weighted by atomic mass is 10.1. The van der Waals surface area contributed by atoms with Crippen LogP contribution in [0.5, 0.6) is 0 Å². The molecule has 0 aliphatic carbocycles. The van der Waals surface area contributed by atoms with Crippen molar-refractivity contribution in [3.05, 3.63) is 33.9 Å². The molecule has 0 saturated heterocycles. The van der Waals surface area contributed by atoms with E-state index in [1.54, 1.807) is 11.0 Å². The minimum absolute atomic E-state index is 0.0178. The molecule has 0 radical (unpaired) electrons. The molecule has 1 heterocycles. The molecule has 1 amide bonds. The highest BCUT2D eigenvalue weighted by molar-refractivity contribution is 5.97. The Labute approximate surface area is 99.2 Å². The average Bonchev–Trinajstić information content (AvgIpc) is 2.70. The Balaban J connectivity index is 2.39. The molecule has 1 aliphatic rings. The Morgan fingerprint density at radius 1 is 1.47 bits per heavy atom. The molecule has 0 spiro atoms. The van der Waals surface area contributed by atoms with Crippen LogP contribution < -0.4 is 4.90 Å². The molecule has 1 aliphatic heterocycles. The number of fused-ring (bicyclic) bond motifs is 1. The molecule has 1 aromatic rings. The van der Waals surface area contributed by atoms with Gasteiger partial charge in [0, 0.05) is 24.6 Å². The van der Waals surface area contributed by atoms with Crippen molar-refractivity contribution < 1.29 is 9.72 Å². The molecule has 0 N–H and O–H groups in total. The van der Waals surface area contributed by atoms with Crippen LogP contribution in [0.1, 0.15) is 19.4 Å². The summed E-state index contributed by atoms with van der Waals surface area (Å²) in [5, 5.41) is 10.7. The molecule has 90 valence electrons. The molecular weight excluding hydrogens is 220 g/mol. The zero-order valence-electron chi connectivity index (χ0n) is 9.84. The van der Waals surface area contributed by atoms with Gasteiger partial charge in [-0.25, -0.2) is 0 Å². The van der Waals surface area contributed by atoms with Crippen LogP contribution in [0.3, 0.4) is 0 Å². The maximum Gasteiger partial charge on any atom is 0.271 e. The number of benzene rings is 1. The highest BCUT2D eigenvalue weighted by Gasteiger charge is 2.27. The molecule has 1 aromatic carbocycles. The van der Waals surface area contributed by atoms with Gasteiger partial charge in [0.25, 0.3) is 5.69 Å². The number of carbonyl (C=O) groups excluding carboxylic acids is 1. The van der Waals surface area contributed by atoms with Crippen LogP contribution in [0.25, 0.3) is 0 Å². The lowest BCUT2D eigenvalue weighted by molar-refractivity contribution is -0.384. The number of nitrogens with zero attached hydrogens (tertiary/aromatic N) is 2. The van der Waals surface area contributed by atoms with E-state index in [0.29, 0.717) is 12.2 Å². The van der Waals surface area contributed by atoms with Gasteiger partial charge in [0.1, 0.15) is 0 Å². The molecule has 0 fully saturated rings. The second kappa shape index (κ2) is 4.16. The zero-order valence-corrected chi connectivity index (χ0v) is 9.84. The van der Waals surface area contributed by atoms with Gasteiger partial charge in [-0.3, -0.25) is 14.9 Å². The van der Waals surface area contributed by atoms with Crippen molar-refractivity contribution in [1.29, 1.82) is 0 Å². The normalized spacial score (nSPS) is 13.9. The fourth-order valence-corrected chi connectivity index (χ4v) is 2.02. The smallest absolute Gasteiger partial charge is 0.271 e. The van der Waals surface area contributed by atoms with Gasteiger partial charge in [-0.15, -0.1) is 0 Å². The summed E-state index contributed by atoms with van der Waals surface area (Å²) in [6.07, 6.45) is 0.770. The van der Waals surface area contributed by atoms with Crippen molar-refractivity contribution in [2.75, 3.05) is 11.4 Å². The van der Waals surface area contributed by atoms with Crippen LogP contribution in [-0.4, -0.2) is 17.4 Å². The largest absolute Gasteiger partial charge is 0.311 e. The van der Waals surface area contributed by atoms with Crippen molar-refractivity contribution in [1.82, 2.24) is 0 Å². The molecule has 2 rings (SSSR count). The lowest BCUT2D eigenvalue weighted by Crippen LogP contribution is -2.32. The summed E-state index contributed by atoms with van der Waals surface area (Å²) in [4.78, 5) is 23.9. The van der Waals surface area contributed by atoms with Crippen LogP contribution >= 0.6 is 0 Å². The molecule has 0 unspecified atom stereocenters. The number of amides is 1. The number of non-ortho nitro benzene ring substituents is 1. The van der Waals surface area contributed by atoms with Crippen molar-refractivity contribution in [3.8, 4) is 0 Å². The van der Waals surface area contributed by atoms with E-state index in [1.165, 1.54) is 12.1 Å². The zero-order chi connectivity index (χ0) is 12.6. The molecule has 17 heavy (non-hydrogen) atoms. The van der Waals surface area contributed by atoms with Crippen molar-refractivity contribution >= 4 is 17.3 Å². The number of rotatable bonds is 2. The second-order valence-corrected chi connectivity index (χ2v) is 4.46. The summed E-state index contributed by atoms with van der Waals surface area (Å²) in [5.74, 6) is -0.0792. The Kier molecular flexibility index (Phi) is 2.83. The van der Waals surface area contributed by atoms with Crippen molar-refractivity contribution in [3.63, 3.8) is 0 Å². The van der Waals surface area contributed by atoms with Crippen LogP contribution in [0.15, 0.2) is 18.2 Å². The third-order valence-electron chi connectivity index (χ3n) is 2.94. The monoisotopic (exact) mass is 234 g/mol. The maximum absolute atomic E-state index is 11.9. The highest BCUT2D eigenvalue weighted by atomic mass is 16.6. The number of anilines is 1. The van der Waals surface area contributed by atoms with Gasteiger partial charge in [0.05, 0.1) is 10.6 Å². The van der Waals surface area contributed by atoms with E-state index in [-0.39, 0.29) is 17.5 Å². The summed E-state index contributed by atoms with van der Waals surface area (Å²) < 4.78 is 0. The molecule has 5 nitrogen and oxygen atoms in total. The SMILES string of the molecule is CC(C)C(=O)N1CCc2ccc([N+](=O)[O-])cc21. The van der Waals surface area contributed by atoms with Crippen molar-refractivity contribution in [2.24, 2.45) is 5.92 Å². The summed E-state index contributed by atoms with van der Waals surface area (Å²) in [5.41, 5.74) is 1.73. The van der Waals surface area contributed by atoms with Gasteiger partial charge in [-0.2, -0.15) is 0 Å². The van der Waals surface area contributed by atoms with Gasteiger partial charge in [0.2, 0.25) is 5.91 Å². The van der Waals surface area contributed by atoms with Crippen LogP contribution in [0.2, 0.25) is 0 Å². The minimum atomic E-state index is -0.434. The number of carbonyl (C=O) groups is 1. The fraction of sp³-hybridized carbons (Fsp3) is 0.417. The molecule has 0 saturated carbocycles. The van der Waals surface area contributed by atoms with E-state index in [1.807, 2.05) is 13.8 Å². The van der Waals surface area contributed by atoms with E-state index in [0.717, 1.165) is 12.0 Å². The Hall–Kier alpha value is -1.91. The molecular formula is C12H14N2O3. The van der Waals surface area contributed by atoms with E-state index in [9.17, 15) is 14.9 Å². The predicted molar refractivity (Wildman–Crippen MR) is 64.0 cm³/mol. The second-order valence-electron chi connectivity index (χ2n) is 4.46. The van der Waals surface area contributed by atoms with Gasteiger partial charge in [-0.05, 0) is 12.0 Å². The third-order valence-corrected chi connectivity index (χ3v) is 2.94. The van der Waals surface area contributed by atoms with Gasteiger partial charge in [-0.1, -0.05) is 19.9 Å². The maximum atomic E-state index is 11.9. The predicted octanol–water partition coefficient (Wildman–Crippen LogP) is 2.14. The van der Waals surface area contributed by atoms with Gasteiger partial charge in [0.15, 0.2) is 0 Å². The first-order valence-electron chi connectivity index (χ1n) is 5.59. The topological polar surface area (TPSA) is 63.5 Å². The summed E-state index contributed by atoms with van der Waals surface area (Å²) in [7, 11) is 0. The lowest BCUT2D eigenvalue weighted by Gasteiger charge is -2.19. The van der Waals surface area contributed by atoms with Gasteiger partial charge >= 0.3 is 0 Å². The third kappa shape index (κ3) is 2.00. The first-order valence-corrected chi connectivity index (χ1v) is 5.59. The average molecular weight is 234 g/mol. The fourth-order valence-electron chi connectivity index (χ4n) is 2.02. The minimum Gasteiger partial charge on any atom is -0.311 e. The number of hydrogen-bond donors (Lipinski definition) is 0. The van der Waals surface area contributed by atoms with E-state index < -0.39 is 4.92 Å². The summed E-state index contributed by atoms with van der Waals surface area (Å²) in [6, 6.07) is 4.71. The van der Waals surface area contributed by atoms with E-state index in [2.05, 4.69) is 0 Å².